The summed E-state index contributed by atoms with van der Waals surface area (Å²) in [7, 11) is 3.17. The Balaban J connectivity index is 0.00000288. The molecular formula is C17H22IN3O3. The Hall–Kier alpha value is -2.00. The molecule has 0 heterocycles. The maximum absolute atomic E-state index is 10.2. The van der Waals surface area contributed by atoms with E-state index in [0.717, 1.165) is 5.56 Å². The van der Waals surface area contributed by atoms with E-state index in [1.807, 2.05) is 42.5 Å². The van der Waals surface area contributed by atoms with Crippen molar-refractivity contribution in [2.75, 3.05) is 26.1 Å². The molecule has 0 aliphatic carbocycles. The maximum Gasteiger partial charge on any atom is 0.193 e. The number of hydrogen-bond donors (Lipinski definition) is 3. The van der Waals surface area contributed by atoms with Crippen LogP contribution in [-0.2, 0) is 0 Å². The van der Waals surface area contributed by atoms with Crippen molar-refractivity contribution in [2.45, 2.75) is 6.10 Å². The lowest BCUT2D eigenvalue weighted by Gasteiger charge is -2.12. The van der Waals surface area contributed by atoms with Crippen LogP contribution >= 0.6 is 24.0 Å². The van der Waals surface area contributed by atoms with Crippen LogP contribution in [0.5, 0.6) is 11.5 Å². The van der Waals surface area contributed by atoms with Gasteiger partial charge in [-0.25, -0.2) is 0 Å². The van der Waals surface area contributed by atoms with Crippen molar-refractivity contribution in [3.63, 3.8) is 0 Å². The Kier molecular flexibility index (Phi) is 8.34. The Bertz CT molecular complexity index is 680. The molecule has 2 aromatic rings. The predicted molar refractivity (Wildman–Crippen MR) is 106 cm³/mol. The summed E-state index contributed by atoms with van der Waals surface area (Å²) in [6.07, 6.45) is -0.761. The molecule has 1 unspecified atom stereocenters. The fourth-order valence-corrected chi connectivity index (χ4v) is 2.06. The van der Waals surface area contributed by atoms with Crippen LogP contribution in [0, 0.1) is 0 Å². The van der Waals surface area contributed by atoms with E-state index in [1.165, 1.54) is 0 Å². The number of benzene rings is 2. The molecule has 0 saturated carbocycles. The van der Waals surface area contributed by atoms with Crippen LogP contribution in [0.15, 0.2) is 53.5 Å². The van der Waals surface area contributed by atoms with Gasteiger partial charge in [-0.1, -0.05) is 24.3 Å². The summed E-state index contributed by atoms with van der Waals surface area (Å²) in [5.74, 6) is 1.56. The Labute approximate surface area is 158 Å². The van der Waals surface area contributed by atoms with Gasteiger partial charge in [0.15, 0.2) is 5.96 Å². The minimum atomic E-state index is -0.761. The highest BCUT2D eigenvalue weighted by Crippen LogP contribution is 2.23. The van der Waals surface area contributed by atoms with Gasteiger partial charge in [-0.3, -0.25) is 4.99 Å². The number of aliphatic hydroxyl groups excluding tert-OH is 1. The zero-order chi connectivity index (χ0) is 16.7. The van der Waals surface area contributed by atoms with Crippen molar-refractivity contribution in [1.29, 1.82) is 0 Å². The monoisotopic (exact) mass is 443 g/mol. The van der Waals surface area contributed by atoms with Crippen LogP contribution in [0.2, 0.25) is 0 Å². The molecule has 0 aliphatic rings. The second-order valence-electron chi connectivity index (χ2n) is 4.84. The Morgan fingerprint density at radius 2 is 1.92 bits per heavy atom. The van der Waals surface area contributed by atoms with Crippen molar-refractivity contribution in [1.82, 2.24) is 0 Å². The lowest BCUT2D eigenvalue weighted by atomic mass is 10.1. The van der Waals surface area contributed by atoms with Crippen LogP contribution in [-0.4, -0.2) is 31.8 Å². The van der Waals surface area contributed by atoms with Gasteiger partial charge in [-0.05, 0) is 29.8 Å². The van der Waals surface area contributed by atoms with Gasteiger partial charge in [-0.2, -0.15) is 0 Å². The molecular weight excluding hydrogens is 421 g/mol. The fourth-order valence-electron chi connectivity index (χ4n) is 2.06. The van der Waals surface area contributed by atoms with Crippen molar-refractivity contribution in [3.8, 4) is 11.5 Å². The number of methoxy groups -OCH3 is 2. The summed E-state index contributed by atoms with van der Waals surface area (Å²) < 4.78 is 10.4. The van der Waals surface area contributed by atoms with Crippen LogP contribution in [0.3, 0.4) is 0 Å². The summed E-state index contributed by atoms with van der Waals surface area (Å²) in [6.45, 7) is 0.140. The first kappa shape index (κ1) is 20.0. The molecule has 0 radical (unpaired) electrons. The molecule has 6 nitrogen and oxygen atoms in total. The van der Waals surface area contributed by atoms with E-state index >= 15 is 0 Å². The van der Waals surface area contributed by atoms with Crippen LogP contribution < -0.4 is 20.5 Å². The minimum absolute atomic E-state index is 0. The first-order chi connectivity index (χ1) is 11.1. The van der Waals surface area contributed by atoms with Gasteiger partial charge in [0, 0.05) is 0 Å². The summed E-state index contributed by atoms with van der Waals surface area (Å²) in [6, 6.07) is 14.6. The molecule has 0 fully saturated rings. The molecule has 0 aromatic heterocycles. The quantitative estimate of drug-likeness (QED) is 0.363. The smallest absolute Gasteiger partial charge is 0.193 e. The molecule has 2 rings (SSSR count). The van der Waals surface area contributed by atoms with Gasteiger partial charge < -0.3 is 25.6 Å². The summed E-state index contributed by atoms with van der Waals surface area (Å²) in [5.41, 5.74) is 7.29. The van der Waals surface area contributed by atoms with Gasteiger partial charge in [0.25, 0.3) is 0 Å². The molecule has 4 N–H and O–H groups in total. The van der Waals surface area contributed by atoms with Crippen molar-refractivity contribution < 1.29 is 14.6 Å². The van der Waals surface area contributed by atoms with Crippen molar-refractivity contribution in [2.24, 2.45) is 10.7 Å². The number of ether oxygens (including phenoxy) is 2. The lowest BCUT2D eigenvalue weighted by molar-refractivity contribution is 0.187. The number of nitrogens with one attached hydrogen (secondary N) is 1. The third-order valence-corrected chi connectivity index (χ3v) is 3.28. The molecule has 24 heavy (non-hydrogen) atoms. The normalized spacial score (nSPS) is 12.0. The van der Waals surface area contributed by atoms with Crippen molar-refractivity contribution >= 4 is 35.6 Å². The summed E-state index contributed by atoms with van der Waals surface area (Å²) >= 11 is 0. The van der Waals surface area contributed by atoms with Gasteiger partial charge in [-0.15, -0.1) is 24.0 Å². The molecule has 0 amide bonds. The highest BCUT2D eigenvalue weighted by atomic mass is 127. The number of aliphatic imine (C=N–C) groups is 1. The van der Waals surface area contributed by atoms with E-state index in [0.29, 0.717) is 17.2 Å². The number of nitrogens with two attached hydrogens (primary N) is 1. The molecule has 0 saturated heterocycles. The standard InChI is InChI=1S/C17H21N3O3.HI/c1-22-13-7-5-6-12(10-13)15(21)11-19-17(18)20-14-8-3-4-9-16(14)23-2;/h3-10,15,21H,11H2,1-2H3,(H3,18,19,20);1H. The second-order valence-corrected chi connectivity index (χ2v) is 4.84. The molecule has 7 heteroatoms. The third kappa shape index (κ3) is 5.57. The van der Waals surface area contributed by atoms with Crippen LogP contribution in [0.4, 0.5) is 5.69 Å². The molecule has 1 atom stereocenters. The molecule has 2 aromatic carbocycles. The Morgan fingerprint density at radius 3 is 2.62 bits per heavy atom. The first-order valence-electron chi connectivity index (χ1n) is 7.16. The number of aliphatic hydroxyl groups is 1. The highest BCUT2D eigenvalue weighted by molar-refractivity contribution is 14.0. The number of guanidine groups is 1. The van der Waals surface area contributed by atoms with E-state index in [2.05, 4.69) is 10.3 Å². The Morgan fingerprint density at radius 1 is 1.17 bits per heavy atom. The molecule has 0 aliphatic heterocycles. The molecule has 130 valence electrons. The third-order valence-electron chi connectivity index (χ3n) is 3.28. The highest BCUT2D eigenvalue weighted by Gasteiger charge is 2.08. The molecule has 0 spiro atoms. The van der Waals surface area contributed by atoms with Gasteiger partial charge in [0.05, 0.1) is 32.6 Å². The van der Waals surface area contributed by atoms with Crippen LogP contribution in [0.1, 0.15) is 11.7 Å². The second kappa shape index (κ2) is 9.99. The fraction of sp³-hybridized carbons (Fsp3) is 0.235. The number of para-hydroxylation sites is 2. The first-order valence-corrected chi connectivity index (χ1v) is 7.16. The predicted octanol–water partition coefficient (Wildman–Crippen LogP) is 2.78. The van der Waals surface area contributed by atoms with Gasteiger partial charge in [0.2, 0.25) is 0 Å². The molecule has 0 bridgehead atoms. The van der Waals surface area contributed by atoms with E-state index in [4.69, 9.17) is 15.2 Å². The zero-order valence-electron chi connectivity index (χ0n) is 13.6. The number of rotatable bonds is 6. The number of nitrogens with zero attached hydrogens (tertiary/aromatic N) is 1. The average Bonchev–Trinajstić information content (AvgIpc) is 2.60. The maximum atomic E-state index is 10.2. The van der Waals surface area contributed by atoms with E-state index in [1.54, 1.807) is 20.3 Å². The van der Waals surface area contributed by atoms with Gasteiger partial charge >= 0.3 is 0 Å². The lowest BCUT2D eigenvalue weighted by Crippen LogP contribution is -2.24. The summed E-state index contributed by atoms with van der Waals surface area (Å²) in [4.78, 5) is 4.16. The van der Waals surface area contributed by atoms with Gasteiger partial charge in [0.1, 0.15) is 11.5 Å². The van der Waals surface area contributed by atoms with Crippen LogP contribution in [0.25, 0.3) is 0 Å². The van der Waals surface area contributed by atoms with E-state index in [9.17, 15) is 5.11 Å². The zero-order valence-corrected chi connectivity index (χ0v) is 15.9. The van der Waals surface area contributed by atoms with Crippen molar-refractivity contribution in [3.05, 3.63) is 54.1 Å². The average molecular weight is 443 g/mol. The number of halogens is 1. The largest absolute Gasteiger partial charge is 0.497 e. The van der Waals surface area contributed by atoms with E-state index < -0.39 is 6.10 Å². The minimum Gasteiger partial charge on any atom is -0.497 e. The number of anilines is 1. The SMILES string of the molecule is COc1cccc(C(O)CN=C(N)Nc2ccccc2OC)c1.I. The number of hydrogen-bond acceptors (Lipinski definition) is 4. The summed E-state index contributed by atoms with van der Waals surface area (Å²) in [5, 5.41) is 13.1. The van der Waals surface area contributed by atoms with E-state index in [-0.39, 0.29) is 36.5 Å². The topological polar surface area (TPSA) is 89.1 Å².